The fourth-order valence-corrected chi connectivity index (χ4v) is 4.14. The van der Waals surface area contributed by atoms with Gasteiger partial charge in [0.15, 0.2) is 0 Å². The maximum atomic E-state index is 13.4. The number of aryl methyl sites for hydroxylation is 1. The van der Waals surface area contributed by atoms with Gasteiger partial charge >= 0.3 is 0 Å². The summed E-state index contributed by atoms with van der Waals surface area (Å²) in [5.41, 5.74) is 3.16. The smallest absolute Gasteiger partial charge is 0.254 e. The minimum absolute atomic E-state index is 0.112. The lowest BCUT2D eigenvalue weighted by molar-refractivity contribution is -0.117. The van der Waals surface area contributed by atoms with Crippen LogP contribution in [0.25, 0.3) is 5.69 Å². The van der Waals surface area contributed by atoms with Crippen molar-refractivity contribution in [3.8, 4) is 11.4 Å². The van der Waals surface area contributed by atoms with E-state index in [2.05, 4.69) is 33.0 Å². The van der Waals surface area contributed by atoms with E-state index in [0.717, 1.165) is 30.0 Å². The topological polar surface area (TPSA) is 85.7 Å². The molecule has 0 aliphatic carbocycles. The van der Waals surface area contributed by atoms with Crippen molar-refractivity contribution >= 4 is 17.6 Å². The molecule has 0 unspecified atom stereocenters. The molecule has 1 aromatic heterocycles. The number of ether oxygens (including phenoxy) is 2. The highest BCUT2D eigenvalue weighted by molar-refractivity contribution is 5.99. The zero-order valence-electron chi connectivity index (χ0n) is 24.1. The van der Waals surface area contributed by atoms with Crippen molar-refractivity contribution in [3.63, 3.8) is 0 Å². The number of hydrogen-bond acceptors (Lipinski definition) is 5. The van der Waals surface area contributed by atoms with Crippen LogP contribution in [0.15, 0.2) is 54.6 Å². The quantitative estimate of drug-likeness (QED) is 0.287. The van der Waals surface area contributed by atoms with Crippen LogP contribution < -0.4 is 10.1 Å². The molecule has 3 rings (SSSR count). The Morgan fingerprint density at radius 2 is 1.69 bits per heavy atom. The summed E-state index contributed by atoms with van der Waals surface area (Å²) in [4.78, 5) is 28.1. The summed E-state index contributed by atoms with van der Waals surface area (Å²) in [6, 6.07) is 17.0. The Balaban J connectivity index is 1.78. The van der Waals surface area contributed by atoms with Crippen LogP contribution in [0.5, 0.6) is 5.75 Å². The molecule has 0 aliphatic rings. The largest absolute Gasteiger partial charge is 0.497 e. The van der Waals surface area contributed by atoms with E-state index in [9.17, 15) is 9.59 Å². The lowest BCUT2D eigenvalue weighted by Gasteiger charge is -2.22. The molecule has 0 aliphatic heterocycles. The maximum absolute atomic E-state index is 13.4. The average molecular weight is 535 g/mol. The van der Waals surface area contributed by atoms with E-state index < -0.39 is 0 Å². The summed E-state index contributed by atoms with van der Waals surface area (Å²) in [5, 5.41) is 7.74. The summed E-state index contributed by atoms with van der Waals surface area (Å²) in [5.74, 6) is 0.742. The van der Waals surface area contributed by atoms with Crippen LogP contribution >= 0.6 is 0 Å². The number of carbonyl (C=O) groups excluding carboxylic acids is 2. The van der Waals surface area contributed by atoms with Crippen molar-refractivity contribution in [3.05, 3.63) is 71.4 Å². The fourth-order valence-electron chi connectivity index (χ4n) is 4.14. The molecular formula is C31H42N4O4. The third kappa shape index (κ3) is 8.42. The van der Waals surface area contributed by atoms with Crippen LogP contribution in [0.4, 0.5) is 5.82 Å². The molecule has 2 amide bonds. The van der Waals surface area contributed by atoms with E-state index in [4.69, 9.17) is 14.6 Å². The predicted molar refractivity (Wildman–Crippen MR) is 155 cm³/mol. The van der Waals surface area contributed by atoms with E-state index in [-0.39, 0.29) is 23.8 Å². The third-order valence-corrected chi connectivity index (χ3v) is 6.52. The zero-order valence-corrected chi connectivity index (χ0v) is 24.1. The van der Waals surface area contributed by atoms with Gasteiger partial charge in [-0.25, -0.2) is 4.68 Å². The van der Waals surface area contributed by atoms with Gasteiger partial charge in [0.2, 0.25) is 5.91 Å². The average Bonchev–Trinajstić information content (AvgIpc) is 3.35. The minimum atomic E-state index is -0.314. The molecule has 8 heteroatoms. The van der Waals surface area contributed by atoms with Gasteiger partial charge in [0.1, 0.15) is 18.1 Å². The highest BCUT2D eigenvalue weighted by atomic mass is 16.5. The van der Waals surface area contributed by atoms with Gasteiger partial charge in [0.05, 0.1) is 25.1 Å². The van der Waals surface area contributed by atoms with Crippen LogP contribution in [-0.4, -0.2) is 60.4 Å². The van der Waals surface area contributed by atoms with E-state index in [0.29, 0.717) is 24.5 Å². The Kier molecular flexibility index (Phi) is 10.7. The molecule has 0 atom stereocenters. The summed E-state index contributed by atoms with van der Waals surface area (Å²) in [6.07, 6.45) is 4.49. The molecule has 8 nitrogen and oxygen atoms in total. The maximum Gasteiger partial charge on any atom is 0.254 e. The Hall–Kier alpha value is -3.65. The van der Waals surface area contributed by atoms with Gasteiger partial charge in [-0.3, -0.25) is 9.59 Å². The van der Waals surface area contributed by atoms with Crippen LogP contribution in [0.2, 0.25) is 0 Å². The van der Waals surface area contributed by atoms with Gasteiger partial charge in [-0.1, -0.05) is 52.7 Å². The molecule has 3 aromatic rings. The van der Waals surface area contributed by atoms with E-state index in [1.165, 1.54) is 23.3 Å². The first-order chi connectivity index (χ1) is 18.7. The molecule has 0 spiro atoms. The second kappa shape index (κ2) is 13.9. The number of amides is 2. The van der Waals surface area contributed by atoms with Crippen molar-refractivity contribution in [2.45, 2.75) is 58.8 Å². The van der Waals surface area contributed by atoms with Crippen LogP contribution in [0.3, 0.4) is 0 Å². The number of benzene rings is 2. The third-order valence-electron chi connectivity index (χ3n) is 6.52. The minimum Gasteiger partial charge on any atom is -0.497 e. The van der Waals surface area contributed by atoms with Crippen molar-refractivity contribution < 1.29 is 19.1 Å². The summed E-state index contributed by atoms with van der Waals surface area (Å²) in [7, 11) is 3.19. The van der Waals surface area contributed by atoms with Crippen molar-refractivity contribution in [2.24, 2.45) is 0 Å². The van der Waals surface area contributed by atoms with Gasteiger partial charge in [-0.2, -0.15) is 5.10 Å². The lowest BCUT2D eigenvalue weighted by Crippen LogP contribution is -2.40. The number of carbonyl (C=O) groups is 2. The second-order valence-electron chi connectivity index (χ2n) is 10.7. The van der Waals surface area contributed by atoms with Crippen LogP contribution in [0, 0.1) is 0 Å². The zero-order chi connectivity index (χ0) is 28.4. The predicted octanol–water partition coefficient (Wildman–Crippen LogP) is 5.64. The summed E-state index contributed by atoms with van der Waals surface area (Å²) >= 11 is 0. The molecule has 1 heterocycles. The summed E-state index contributed by atoms with van der Waals surface area (Å²) in [6.45, 7) is 8.90. The van der Waals surface area contributed by atoms with Gasteiger partial charge in [0, 0.05) is 30.7 Å². The first-order valence-corrected chi connectivity index (χ1v) is 13.6. The van der Waals surface area contributed by atoms with Crippen LogP contribution in [0.1, 0.15) is 68.6 Å². The highest BCUT2D eigenvalue weighted by Gasteiger charge is 2.23. The monoisotopic (exact) mass is 534 g/mol. The number of nitrogens with zero attached hydrogens (tertiary/aromatic N) is 3. The number of methoxy groups -OCH3 is 2. The molecule has 0 bridgehead atoms. The molecule has 0 fully saturated rings. The standard InChI is InChI=1S/C31H42N4O4/c1-7-8-9-10-23-11-13-24(14-12-23)30(37)34(19-20-38-5)22-29(36)32-28-21-27(31(2,3)4)33-35(28)25-15-17-26(39-6)18-16-25/h11-18,21H,7-10,19-20,22H2,1-6H3,(H,32,36). The Morgan fingerprint density at radius 3 is 2.28 bits per heavy atom. The number of anilines is 1. The second-order valence-corrected chi connectivity index (χ2v) is 10.7. The number of nitrogens with one attached hydrogen (secondary N) is 1. The number of hydrogen-bond donors (Lipinski definition) is 1. The van der Waals surface area contributed by atoms with Crippen LogP contribution in [-0.2, 0) is 21.4 Å². The molecule has 210 valence electrons. The Morgan fingerprint density at radius 1 is 1.00 bits per heavy atom. The normalized spacial score (nSPS) is 11.3. The van der Waals surface area contributed by atoms with Gasteiger partial charge in [-0.15, -0.1) is 0 Å². The fraction of sp³-hybridized carbons (Fsp3) is 0.452. The number of rotatable bonds is 13. The molecule has 0 radical (unpaired) electrons. The Labute approximate surface area is 232 Å². The molecule has 39 heavy (non-hydrogen) atoms. The molecule has 1 N–H and O–H groups in total. The van der Waals surface area contributed by atoms with Gasteiger partial charge in [-0.05, 0) is 54.8 Å². The van der Waals surface area contributed by atoms with E-state index in [1.807, 2.05) is 54.6 Å². The van der Waals surface area contributed by atoms with Crippen molar-refractivity contribution in [1.29, 1.82) is 0 Å². The van der Waals surface area contributed by atoms with Crippen molar-refractivity contribution in [1.82, 2.24) is 14.7 Å². The first kappa shape index (κ1) is 29.9. The summed E-state index contributed by atoms with van der Waals surface area (Å²) < 4.78 is 12.2. The SMILES string of the molecule is CCCCCc1ccc(C(=O)N(CCOC)CC(=O)Nc2cc(C(C)(C)C)nn2-c2ccc(OC)cc2)cc1. The lowest BCUT2D eigenvalue weighted by atomic mass is 9.92. The molecule has 0 saturated heterocycles. The van der Waals surface area contributed by atoms with E-state index in [1.54, 1.807) is 18.9 Å². The Bertz CT molecular complexity index is 1210. The van der Waals surface area contributed by atoms with Gasteiger partial charge < -0.3 is 19.7 Å². The van der Waals surface area contributed by atoms with E-state index >= 15 is 0 Å². The molecule has 0 saturated carbocycles. The van der Waals surface area contributed by atoms with Crippen molar-refractivity contribution in [2.75, 3.05) is 39.2 Å². The molecular weight excluding hydrogens is 492 g/mol. The first-order valence-electron chi connectivity index (χ1n) is 13.6. The number of aromatic nitrogens is 2. The molecule has 2 aromatic carbocycles. The van der Waals surface area contributed by atoms with Gasteiger partial charge in [0.25, 0.3) is 5.91 Å². The highest BCUT2D eigenvalue weighted by Crippen LogP contribution is 2.27. The number of unbranched alkanes of at least 4 members (excludes halogenated alkanes) is 2.